The van der Waals surface area contributed by atoms with Crippen molar-refractivity contribution >= 4 is 0 Å². The first-order valence-electron chi connectivity index (χ1n) is 5.18. The van der Waals surface area contributed by atoms with Crippen molar-refractivity contribution < 1.29 is 0 Å². The monoisotopic (exact) mass is 172 g/mol. The van der Waals surface area contributed by atoms with Gasteiger partial charge in [-0.15, -0.1) is 0 Å². The fourth-order valence-corrected chi connectivity index (χ4v) is 1.63. The standard InChI is InChI=1S/C10H24N2/c1-3-9(5-6-11)7-10(4-2)8-12/h9-10H,3-8,11-12H2,1-2H3. The lowest BCUT2D eigenvalue weighted by atomic mass is 9.89. The van der Waals surface area contributed by atoms with E-state index in [1.807, 2.05) is 0 Å². The Morgan fingerprint density at radius 1 is 1.00 bits per heavy atom. The van der Waals surface area contributed by atoms with Gasteiger partial charge in [0.25, 0.3) is 0 Å². The molecule has 0 fully saturated rings. The van der Waals surface area contributed by atoms with Crippen molar-refractivity contribution in [2.75, 3.05) is 13.1 Å². The fourth-order valence-electron chi connectivity index (χ4n) is 1.63. The maximum absolute atomic E-state index is 5.65. The van der Waals surface area contributed by atoms with E-state index in [0.29, 0.717) is 5.92 Å². The van der Waals surface area contributed by atoms with Crippen LogP contribution in [0.3, 0.4) is 0 Å². The van der Waals surface area contributed by atoms with Crippen molar-refractivity contribution in [3.05, 3.63) is 0 Å². The summed E-state index contributed by atoms with van der Waals surface area (Å²) in [6, 6.07) is 0. The highest BCUT2D eigenvalue weighted by molar-refractivity contribution is 4.65. The summed E-state index contributed by atoms with van der Waals surface area (Å²) in [5.74, 6) is 1.50. The Labute approximate surface area is 76.7 Å². The molecule has 0 bridgehead atoms. The van der Waals surface area contributed by atoms with E-state index >= 15 is 0 Å². The second kappa shape index (κ2) is 7.56. The SMILES string of the molecule is CCC(CN)CC(CC)CCN. The summed E-state index contributed by atoms with van der Waals surface area (Å²) in [7, 11) is 0. The maximum Gasteiger partial charge on any atom is -0.00489 e. The van der Waals surface area contributed by atoms with Gasteiger partial charge in [-0.3, -0.25) is 0 Å². The molecule has 0 aromatic rings. The average molecular weight is 172 g/mol. The molecule has 12 heavy (non-hydrogen) atoms. The summed E-state index contributed by atoms with van der Waals surface area (Å²) in [4.78, 5) is 0. The van der Waals surface area contributed by atoms with Crippen molar-refractivity contribution in [3.63, 3.8) is 0 Å². The lowest BCUT2D eigenvalue weighted by Gasteiger charge is -2.19. The Hall–Kier alpha value is -0.0800. The van der Waals surface area contributed by atoms with Crippen molar-refractivity contribution in [1.29, 1.82) is 0 Å². The van der Waals surface area contributed by atoms with Crippen molar-refractivity contribution in [3.8, 4) is 0 Å². The van der Waals surface area contributed by atoms with E-state index in [9.17, 15) is 0 Å². The highest BCUT2D eigenvalue weighted by Gasteiger charge is 2.11. The second-order valence-corrected chi connectivity index (χ2v) is 3.60. The van der Waals surface area contributed by atoms with Crippen LogP contribution in [0.2, 0.25) is 0 Å². The van der Waals surface area contributed by atoms with Crippen molar-refractivity contribution in [2.24, 2.45) is 23.3 Å². The minimum atomic E-state index is 0.710. The van der Waals surface area contributed by atoms with Gasteiger partial charge in [-0.2, -0.15) is 0 Å². The molecule has 0 saturated heterocycles. The molecule has 0 spiro atoms. The molecule has 0 aromatic heterocycles. The number of rotatable bonds is 7. The topological polar surface area (TPSA) is 52.0 Å². The molecule has 0 aromatic carbocycles. The highest BCUT2D eigenvalue weighted by atomic mass is 14.6. The first-order valence-corrected chi connectivity index (χ1v) is 5.18. The Balaban J connectivity index is 3.65. The summed E-state index contributed by atoms with van der Waals surface area (Å²) >= 11 is 0. The molecule has 0 rings (SSSR count). The van der Waals surface area contributed by atoms with Crippen LogP contribution >= 0.6 is 0 Å². The maximum atomic E-state index is 5.65. The van der Waals surface area contributed by atoms with Crippen molar-refractivity contribution in [1.82, 2.24) is 0 Å². The molecule has 2 nitrogen and oxygen atoms in total. The zero-order chi connectivity index (χ0) is 9.40. The van der Waals surface area contributed by atoms with Crippen LogP contribution in [0.25, 0.3) is 0 Å². The first-order chi connectivity index (χ1) is 5.78. The van der Waals surface area contributed by atoms with E-state index < -0.39 is 0 Å². The van der Waals surface area contributed by atoms with Crippen LogP contribution in [0, 0.1) is 11.8 Å². The Kier molecular flexibility index (Phi) is 7.51. The molecule has 0 heterocycles. The van der Waals surface area contributed by atoms with Gasteiger partial charge >= 0.3 is 0 Å². The molecular formula is C10H24N2. The van der Waals surface area contributed by atoms with Gasteiger partial charge in [-0.25, -0.2) is 0 Å². The predicted octanol–water partition coefficient (Wildman–Crippen LogP) is 1.74. The van der Waals surface area contributed by atoms with Crippen LogP contribution in [0.15, 0.2) is 0 Å². The Bertz CT molecular complexity index is 89.8. The first kappa shape index (κ1) is 11.9. The predicted molar refractivity (Wildman–Crippen MR) is 54.9 cm³/mol. The normalized spacial score (nSPS) is 16.0. The summed E-state index contributed by atoms with van der Waals surface area (Å²) < 4.78 is 0. The lowest BCUT2D eigenvalue weighted by Crippen LogP contribution is -2.19. The summed E-state index contributed by atoms with van der Waals surface area (Å²) in [6.07, 6.45) is 4.87. The van der Waals surface area contributed by atoms with E-state index in [1.54, 1.807) is 0 Å². The molecule has 74 valence electrons. The zero-order valence-electron chi connectivity index (χ0n) is 8.55. The van der Waals surface area contributed by atoms with Gasteiger partial charge in [0.15, 0.2) is 0 Å². The molecule has 0 radical (unpaired) electrons. The van der Waals surface area contributed by atoms with Gasteiger partial charge in [-0.05, 0) is 37.8 Å². The van der Waals surface area contributed by atoms with Gasteiger partial charge in [0, 0.05) is 0 Å². The largest absolute Gasteiger partial charge is 0.330 e. The van der Waals surface area contributed by atoms with Crippen LogP contribution in [0.5, 0.6) is 0 Å². The van der Waals surface area contributed by atoms with Crippen LogP contribution in [0.4, 0.5) is 0 Å². The van der Waals surface area contributed by atoms with E-state index in [1.165, 1.54) is 19.3 Å². The van der Waals surface area contributed by atoms with E-state index in [-0.39, 0.29) is 0 Å². The smallest absolute Gasteiger partial charge is 0.00489 e. The molecule has 2 unspecified atom stereocenters. The summed E-state index contributed by atoms with van der Waals surface area (Å²) in [6.45, 7) is 6.10. The Morgan fingerprint density at radius 2 is 1.58 bits per heavy atom. The van der Waals surface area contributed by atoms with Gasteiger partial charge in [0.05, 0.1) is 0 Å². The van der Waals surface area contributed by atoms with Gasteiger partial charge in [0.2, 0.25) is 0 Å². The third kappa shape index (κ3) is 4.73. The minimum Gasteiger partial charge on any atom is -0.330 e. The molecule has 2 atom stereocenters. The molecule has 0 aliphatic heterocycles. The minimum absolute atomic E-state index is 0.710. The molecular weight excluding hydrogens is 148 g/mol. The highest BCUT2D eigenvalue weighted by Crippen LogP contribution is 2.19. The number of nitrogens with two attached hydrogens (primary N) is 2. The molecule has 0 amide bonds. The molecule has 0 aliphatic rings. The second-order valence-electron chi connectivity index (χ2n) is 3.60. The van der Waals surface area contributed by atoms with Crippen LogP contribution in [-0.2, 0) is 0 Å². The number of hydrogen-bond acceptors (Lipinski definition) is 2. The third-order valence-corrected chi connectivity index (χ3v) is 2.73. The van der Waals surface area contributed by atoms with Crippen molar-refractivity contribution in [2.45, 2.75) is 39.5 Å². The zero-order valence-corrected chi connectivity index (χ0v) is 8.55. The Morgan fingerprint density at radius 3 is 1.92 bits per heavy atom. The van der Waals surface area contributed by atoms with Gasteiger partial charge in [0.1, 0.15) is 0 Å². The quantitative estimate of drug-likeness (QED) is 0.614. The molecule has 2 heteroatoms. The molecule has 0 saturated carbocycles. The van der Waals surface area contributed by atoms with E-state index in [4.69, 9.17) is 11.5 Å². The van der Waals surface area contributed by atoms with Gasteiger partial charge in [-0.1, -0.05) is 26.7 Å². The van der Waals surface area contributed by atoms with Crippen LogP contribution < -0.4 is 11.5 Å². The van der Waals surface area contributed by atoms with Crippen LogP contribution in [0.1, 0.15) is 39.5 Å². The summed E-state index contributed by atoms with van der Waals surface area (Å²) in [5.41, 5.74) is 11.2. The third-order valence-electron chi connectivity index (χ3n) is 2.73. The van der Waals surface area contributed by atoms with Gasteiger partial charge < -0.3 is 11.5 Å². The molecule has 0 aliphatic carbocycles. The van der Waals surface area contributed by atoms with E-state index in [2.05, 4.69) is 13.8 Å². The fraction of sp³-hybridized carbons (Fsp3) is 1.00. The van der Waals surface area contributed by atoms with E-state index in [0.717, 1.165) is 25.4 Å². The number of hydrogen-bond donors (Lipinski definition) is 2. The lowest BCUT2D eigenvalue weighted by molar-refractivity contribution is 0.345. The average Bonchev–Trinajstić information content (AvgIpc) is 2.12. The van der Waals surface area contributed by atoms with Crippen LogP contribution in [-0.4, -0.2) is 13.1 Å². The molecule has 4 N–H and O–H groups in total. The summed E-state index contributed by atoms with van der Waals surface area (Å²) in [5, 5.41) is 0.